The fraction of sp³-hybridized carbons (Fsp3) is 0.391. The molecule has 1 saturated carbocycles. The summed E-state index contributed by atoms with van der Waals surface area (Å²) in [5.41, 5.74) is 1.72. The Morgan fingerprint density at radius 3 is 2.71 bits per heavy atom. The molecule has 0 spiro atoms. The highest BCUT2D eigenvalue weighted by atomic mass is 16.2. The first-order valence-corrected chi connectivity index (χ1v) is 10.7. The third kappa shape index (κ3) is 5.02. The van der Waals surface area contributed by atoms with Crippen LogP contribution in [-0.4, -0.2) is 32.4 Å². The molecule has 0 aliphatic heterocycles. The Morgan fingerprint density at radius 2 is 1.94 bits per heavy atom. The summed E-state index contributed by atoms with van der Waals surface area (Å²) in [6, 6.07) is 10.3. The number of carbonyl (C=O) groups excluding carboxylic acids is 2. The summed E-state index contributed by atoms with van der Waals surface area (Å²) in [7, 11) is 0. The molecular formula is C23H27N5O3. The molecule has 0 unspecified atom stereocenters. The normalized spacial score (nSPS) is 15.5. The maximum Gasteiger partial charge on any atom is 0.253 e. The molecule has 3 N–H and O–H groups in total. The van der Waals surface area contributed by atoms with Gasteiger partial charge in [-0.15, -0.1) is 0 Å². The lowest BCUT2D eigenvalue weighted by molar-refractivity contribution is -0.122. The summed E-state index contributed by atoms with van der Waals surface area (Å²) in [5, 5.41) is 5.89. The van der Waals surface area contributed by atoms with Crippen LogP contribution in [0.25, 0.3) is 11.0 Å². The van der Waals surface area contributed by atoms with Crippen LogP contribution in [0, 0.1) is 0 Å². The Labute approximate surface area is 180 Å². The highest BCUT2D eigenvalue weighted by Gasteiger charge is 2.18. The van der Waals surface area contributed by atoms with Crippen LogP contribution in [0.3, 0.4) is 0 Å². The van der Waals surface area contributed by atoms with Gasteiger partial charge in [-0.25, -0.2) is 4.98 Å². The van der Waals surface area contributed by atoms with Crippen molar-refractivity contribution < 1.29 is 9.59 Å². The Hall–Kier alpha value is -3.42. The molecule has 0 saturated heterocycles. The number of nitrogens with one attached hydrogen (secondary N) is 3. The van der Waals surface area contributed by atoms with E-state index >= 15 is 0 Å². The summed E-state index contributed by atoms with van der Waals surface area (Å²) >= 11 is 0. The molecule has 31 heavy (non-hydrogen) atoms. The van der Waals surface area contributed by atoms with E-state index in [1.165, 1.54) is 29.3 Å². The third-order valence-electron chi connectivity index (χ3n) is 5.70. The number of nitrogens with zero attached hydrogens (tertiary/aromatic N) is 2. The van der Waals surface area contributed by atoms with Gasteiger partial charge in [-0.2, -0.15) is 0 Å². The Balaban J connectivity index is 1.42. The second-order valence-corrected chi connectivity index (χ2v) is 8.12. The standard InChI is InChI=1S/C23H27N5O3/c1-15(22-26-18-9-5-6-10-19(18)27-22)24-23(31)16-11-12-21(30)28(13-16)14-20(29)25-17-7-3-2-4-8-17/h5-6,9-13,15,17H,2-4,7-8,14H2,1H3,(H,24,31)(H,25,29)(H,26,27)/t15-/m1/s1. The van der Waals surface area contributed by atoms with Crippen LogP contribution < -0.4 is 16.2 Å². The summed E-state index contributed by atoms with van der Waals surface area (Å²) in [5.74, 6) is 0.103. The summed E-state index contributed by atoms with van der Waals surface area (Å²) in [4.78, 5) is 45.0. The van der Waals surface area contributed by atoms with Crippen LogP contribution >= 0.6 is 0 Å². The number of aromatic nitrogens is 3. The number of rotatable bonds is 6. The van der Waals surface area contributed by atoms with Gasteiger partial charge < -0.3 is 20.2 Å². The number of pyridine rings is 1. The first kappa shape index (κ1) is 20.8. The number of carbonyl (C=O) groups is 2. The summed E-state index contributed by atoms with van der Waals surface area (Å²) in [6.07, 6.45) is 6.82. The highest BCUT2D eigenvalue weighted by molar-refractivity contribution is 5.94. The summed E-state index contributed by atoms with van der Waals surface area (Å²) in [6.45, 7) is 1.73. The number of imidazole rings is 1. The molecule has 2 aromatic heterocycles. The van der Waals surface area contributed by atoms with Gasteiger partial charge in [0.1, 0.15) is 12.4 Å². The van der Waals surface area contributed by atoms with E-state index in [4.69, 9.17) is 0 Å². The van der Waals surface area contributed by atoms with Crippen molar-refractivity contribution in [2.24, 2.45) is 0 Å². The largest absolute Gasteiger partial charge is 0.352 e. The monoisotopic (exact) mass is 421 g/mol. The van der Waals surface area contributed by atoms with Crippen LogP contribution in [0.4, 0.5) is 0 Å². The van der Waals surface area contributed by atoms with Crippen molar-refractivity contribution in [2.45, 2.75) is 57.7 Å². The van der Waals surface area contributed by atoms with Crippen LogP contribution in [0.1, 0.15) is 61.3 Å². The lowest BCUT2D eigenvalue weighted by atomic mass is 9.95. The van der Waals surface area contributed by atoms with Crippen LogP contribution in [0.5, 0.6) is 0 Å². The van der Waals surface area contributed by atoms with Crippen molar-refractivity contribution in [3.8, 4) is 0 Å². The van der Waals surface area contributed by atoms with Crippen molar-refractivity contribution in [1.29, 1.82) is 0 Å². The molecule has 8 nitrogen and oxygen atoms in total. The molecule has 1 aliphatic carbocycles. The van der Waals surface area contributed by atoms with Gasteiger partial charge in [-0.05, 0) is 38.0 Å². The number of H-pyrrole nitrogens is 1. The minimum absolute atomic E-state index is 0.102. The van der Waals surface area contributed by atoms with Gasteiger partial charge in [-0.1, -0.05) is 31.4 Å². The zero-order valence-electron chi connectivity index (χ0n) is 17.6. The third-order valence-corrected chi connectivity index (χ3v) is 5.70. The minimum Gasteiger partial charge on any atom is -0.352 e. The average molecular weight is 422 g/mol. The van der Waals surface area contributed by atoms with Gasteiger partial charge in [0, 0.05) is 18.3 Å². The number of benzene rings is 1. The van der Waals surface area contributed by atoms with Crippen molar-refractivity contribution in [1.82, 2.24) is 25.2 Å². The molecule has 1 aromatic carbocycles. The van der Waals surface area contributed by atoms with E-state index in [1.807, 2.05) is 31.2 Å². The Kier molecular flexibility index (Phi) is 6.16. The lowest BCUT2D eigenvalue weighted by Gasteiger charge is -2.23. The number of hydrogen-bond donors (Lipinski definition) is 3. The van der Waals surface area contributed by atoms with E-state index in [0.717, 1.165) is 36.7 Å². The van der Waals surface area contributed by atoms with E-state index < -0.39 is 0 Å². The number of hydrogen-bond acceptors (Lipinski definition) is 4. The zero-order chi connectivity index (χ0) is 21.8. The van der Waals surface area contributed by atoms with Crippen molar-refractivity contribution in [3.05, 3.63) is 64.3 Å². The molecule has 0 bridgehead atoms. The van der Waals surface area contributed by atoms with Gasteiger partial charge in [-0.3, -0.25) is 14.4 Å². The molecule has 162 valence electrons. The van der Waals surface area contributed by atoms with Gasteiger partial charge in [0.2, 0.25) is 5.91 Å². The summed E-state index contributed by atoms with van der Waals surface area (Å²) < 4.78 is 1.28. The SMILES string of the molecule is C[C@@H](NC(=O)c1ccc(=O)n(CC(=O)NC2CCCCC2)c1)c1nc2ccccc2[nH]1. The number of fused-ring (bicyclic) bond motifs is 1. The second kappa shape index (κ2) is 9.16. The van der Waals surface area contributed by atoms with Crippen molar-refractivity contribution in [2.75, 3.05) is 0 Å². The number of para-hydroxylation sites is 2. The zero-order valence-corrected chi connectivity index (χ0v) is 17.6. The van der Waals surface area contributed by atoms with E-state index in [0.29, 0.717) is 11.4 Å². The molecule has 4 rings (SSSR count). The predicted molar refractivity (Wildman–Crippen MR) is 118 cm³/mol. The molecule has 3 aromatic rings. The van der Waals surface area contributed by atoms with Gasteiger partial charge in [0.15, 0.2) is 0 Å². The van der Waals surface area contributed by atoms with Crippen LogP contribution in [0.2, 0.25) is 0 Å². The number of amides is 2. The molecule has 1 aliphatic rings. The van der Waals surface area contributed by atoms with Gasteiger partial charge in [0.05, 0.1) is 22.6 Å². The van der Waals surface area contributed by atoms with Crippen molar-refractivity contribution >= 4 is 22.8 Å². The fourth-order valence-corrected chi connectivity index (χ4v) is 3.99. The predicted octanol–water partition coefficient (Wildman–Crippen LogP) is 2.66. The van der Waals surface area contributed by atoms with E-state index in [9.17, 15) is 14.4 Å². The molecule has 0 radical (unpaired) electrons. The van der Waals surface area contributed by atoms with Crippen LogP contribution in [-0.2, 0) is 11.3 Å². The Bertz CT molecular complexity index is 1110. The number of aromatic amines is 1. The van der Waals surface area contributed by atoms with Crippen LogP contribution in [0.15, 0.2) is 47.4 Å². The van der Waals surface area contributed by atoms with Crippen molar-refractivity contribution in [3.63, 3.8) is 0 Å². The average Bonchev–Trinajstić information content (AvgIpc) is 3.20. The molecule has 2 amide bonds. The first-order valence-electron chi connectivity index (χ1n) is 10.7. The van der Waals surface area contributed by atoms with E-state index in [2.05, 4.69) is 20.6 Å². The smallest absolute Gasteiger partial charge is 0.253 e. The Morgan fingerprint density at radius 1 is 1.16 bits per heavy atom. The maximum atomic E-state index is 12.7. The fourth-order valence-electron chi connectivity index (χ4n) is 3.99. The molecule has 1 atom stereocenters. The molecular weight excluding hydrogens is 394 g/mol. The maximum absolute atomic E-state index is 12.7. The molecule has 1 fully saturated rings. The second-order valence-electron chi connectivity index (χ2n) is 8.12. The minimum atomic E-state index is -0.352. The quantitative estimate of drug-likeness (QED) is 0.568. The molecule has 2 heterocycles. The van der Waals surface area contributed by atoms with E-state index in [1.54, 1.807) is 0 Å². The van der Waals surface area contributed by atoms with E-state index in [-0.39, 0.29) is 36.0 Å². The lowest BCUT2D eigenvalue weighted by Crippen LogP contribution is -2.40. The topological polar surface area (TPSA) is 109 Å². The highest BCUT2D eigenvalue weighted by Crippen LogP contribution is 2.17. The van der Waals surface area contributed by atoms with Gasteiger partial charge >= 0.3 is 0 Å². The first-order chi connectivity index (χ1) is 15.0. The molecule has 8 heteroatoms. The van der Waals surface area contributed by atoms with Gasteiger partial charge in [0.25, 0.3) is 11.5 Å².